The standard InChI is InChI=1S/C11H22N2O/c1-8-5-10(12-6-9(2)14)7-13(8)11-3-4-11/h8-12,14H,3-7H2,1-2H3/t8?,9-,10?/m0/s1. The fourth-order valence-corrected chi connectivity index (χ4v) is 2.46. The third kappa shape index (κ3) is 2.47. The van der Waals surface area contributed by atoms with E-state index in [1.807, 2.05) is 6.92 Å². The molecule has 1 heterocycles. The van der Waals surface area contributed by atoms with Gasteiger partial charge in [0.2, 0.25) is 0 Å². The van der Waals surface area contributed by atoms with E-state index in [1.165, 1.54) is 25.8 Å². The van der Waals surface area contributed by atoms with Crippen molar-refractivity contribution in [2.24, 2.45) is 0 Å². The molecular weight excluding hydrogens is 176 g/mol. The molecule has 2 N–H and O–H groups in total. The van der Waals surface area contributed by atoms with Crippen LogP contribution in [-0.2, 0) is 0 Å². The minimum Gasteiger partial charge on any atom is -0.392 e. The lowest BCUT2D eigenvalue weighted by molar-refractivity contribution is 0.185. The van der Waals surface area contributed by atoms with Gasteiger partial charge in [-0.2, -0.15) is 0 Å². The Morgan fingerprint density at radius 3 is 2.79 bits per heavy atom. The zero-order valence-electron chi connectivity index (χ0n) is 9.24. The molecule has 0 amide bonds. The maximum Gasteiger partial charge on any atom is 0.0636 e. The van der Waals surface area contributed by atoms with E-state index < -0.39 is 0 Å². The summed E-state index contributed by atoms with van der Waals surface area (Å²) in [7, 11) is 0. The van der Waals surface area contributed by atoms with E-state index in [0.717, 1.165) is 18.6 Å². The minimum atomic E-state index is -0.222. The maximum absolute atomic E-state index is 9.19. The number of nitrogens with zero attached hydrogens (tertiary/aromatic N) is 1. The van der Waals surface area contributed by atoms with Crippen molar-refractivity contribution in [1.29, 1.82) is 0 Å². The van der Waals surface area contributed by atoms with E-state index in [-0.39, 0.29) is 6.10 Å². The van der Waals surface area contributed by atoms with Crippen LogP contribution in [0.2, 0.25) is 0 Å². The average molecular weight is 198 g/mol. The lowest BCUT2D eigenvalue weighted by Crippen LogP contribution is -2.37. The molecule has 1 aliphatic carbocycles. The van der Waals surface area contributed by atoms with Crippen molar-refractivity contribution >= 4 is 0 Å². The molecule has 0 aromatic carbocycles. The normalized spacial score (nSPS) is 36.2. The predicted octanol–water partition coefficient (Wildman–Crippen LogP) is 0.582. The van der Waals surface area contributed by atoms with Crippen molar-refractivity contribution < 1.29 is 5.11 Å². The van der Waals surface area contributed by atoms with Crippen molar-refractivity contribution in [2.45, 2.75) is 57.3 Å². The summed E-state index contributed by atoms with van der Waals surface area (Å²) in [6, 6.07) is 2.21. The summed E-state index contributed by atoms with van der Waals surface area (Å²) in [6.45, 7) is 6.07. The molecule has 1 saturated carbocycles. The minimum absolute atomic E-state index is 0.222. The maximum atomic E-state index is 9.19. The van der Waals surface area contributed by atoms with E-state index in [1.54, 1.807) is 0 Å². The van der Waals surface area contributed by atoms with Crippen LogP contribution in [0.4, 0.5) is 0 Å². The van der Waals surface area contributed by atoms with Gasteiger partial charge in [-0.25, -0.2) is 0 Å². The third-order valence-electron chi connectivity index (χ3n) is 3.34. The number of nitrogens with one attached hydrogen (secondary N) is 1. The lowest BCUT2D eigenvalue weighted by atomic mass is 10.2. The van der Waals surface area contributed by atoms with E-state index in [4.69, 9.17) is 0 Å². The second-order valence-corrected chi connectivity index (χ2v) is 4.97. The molecular formula is C11H22N2O. The molecule has 82 valence electrons. The Balaban J connectivity index is 1.74. The molecule has 2 aliphatic rings. The summed E-state index contributed by atoms with van der Waals surface area (Å²) in [5.74, 6) is 0. The van der Waals surface area contributed by atoms with Crippen molar-refractivity contribution in [1.82, 2.24) is 10.2 Å². The van der Waals surface area contributed by atoms with E-state index in [9.17, 15) is 5.11 Å². The molecule has 3 atom stereocenters. The SMILES string of the molecule is CC1CC(NC[C@H](C)O)CN1C1CC1. The number of rotatable bonds is 4. The van der Waals surface area contributed by atoms with Crippen molar-refractivity contribution in [3.8, 4) is 0 Å². The largest absolute Gasteiger partial charge is 0.392 e. The number of hydrogen-bond donors (Lipinski definition) is 2. The summed E-state index contributed by atoms with van der Waals surface area (Å²) in [5.41, 5.74) is 0. The Kier molecular flexibility index (Phi) is 3.10. The van der Waals surface area contributed by atoms with Crippen LogP contribution in [0.5, 0.6) is 0 Å². The van der Waals surface area contributed by atoms with Crippen LogP contribution < -0.4 is 5.32 Å². The molecule has 0 aromatic rings. The Labute approximate surface area is 86.5 Å². The summed E-state index contributed by atoms with van der Waals surface area (Å²) in [5, 5.41) is 12.6. The highest BCUT2D eigenvalue weighted by Gasteiger charge is 2.38. The highest BCUT2D eigenvalue weighted by atomic mass is 16.3. The number of likely N-dealkylation sites (tertiary alicyclic amines) is 1. The van der Waals surface area contributed by atoms with Gasteiger partial charge < -0.3 is 10.4 Å². The predicted molar refractivity (Wildman–Crippen MR) is 57.3 cm³/mol. The zero-order valence-corrected chi connectivity index (χ0v) is 9.24. The first-order valence-corrected chi connectivity index (χ1v) is 5.84. The molecule has 3 nitrogen and oxygen atoms in total. The first-order valence-electron chi connectivity index (χ1n) is 5.84. The van der Waals surface area contributed by atoms with Gasteiger partial charge in [-0.05, 0) is 33.1 Å². The van der Waals surface area contributed by atoms with Crippen LogP contribution in [0.15, 0.2) is 0 Å². The summed E-state index contributed by atoms with van der Waals surface area (Å²) in [4.78, 5) is 2.62. The Morgan fingerprint density at radius 2 is 2.21 bits per heavy atom. The molecule has 2 fully saturated rings. The highest BCUT2D eigenvalue weighted by Crippen LogP contribution is 2.33. The molecule has 1 aliphatic heterocycles. The first-order chi connectivity index (χ1) is 6.66. The monoisotopic (exact) mass is 198 g/mol. The summed E-state index contributed by atoms with van der Waals surface area (Å²) < 4.78 is 0. The molecule has 0 bridgehead atoms. The number of aliphatic hydroxyl groups is 1. The van der Waals surface area contributed by atoms with E-state index >= 15 is 0 Å². The van der Waals surface area contributed by atoms with E-state index in [2.05, 4.69) is 17.1 Å². The average Bonchev–Trinajstić information content (AvgIpc) is 2.88. The van der Waals surface area contributed by atoms with Crippen LogP contribution in [0.3, 0.4) is 0 Å². The first kappa shape index (κ1) is 10.4. The van der Waals surface area contributed by atoms with Crippen molar-refractivity contribution in [3.05, 3.63) is 0 Å². The topological polar surface area (TPSA) is 35.5 Å². The summed E-state index contributed by atoms with van der Waals surface area (Å²) in [6.07, 6.45) is 3.81. The second-order valence-electron chi connectivity index (χ2n) is 4.97. The molecule has 0 spiro atoms. The fraction of sp³-hybridized carbons (Fsp3) is 1.00. The molecule has 0 aromatic heterocycles. The van der Waals surface area contributed by atoms with E-state index in [0.29, 0.717) is 6.04 Å². The Hall–Kier alpha value is -0.120. The van der Waals surface area contributed by atoms with Gasteiger partial charge in [0.05, 0.1) is 6.10 Å². The molecule has 2 unspecified atom stereocenters. The smallest absolute Gasteiger partial charge is 0.0636 e. The van der Waals surface area contributed by atoms with Crippen LogP contribution in [0.1, 0.15) is 33.1 Å². The van der Waals surface area contributed by atoms with Gasteiger partial charge >= 0.3 is 0 Å². The number of aliphatic hydroxyl groups excluding tert-OH is 1. The second kappa shape index (κ2) is 4.17. The number of hydrogen-bond acceptors (Lipinski definition) is 3. The van der Waals surface area contributed by atoms with Gasteiger partial charge in [0, 0.05) is 31.2 Å². The van der Waals surface area contributed by atoms with Crippen molar-refractivity contribution in [3.63, 3.8) is 0 Å². The summed E-state index contributed by atoms with van der Waals surface area (Å²) >= 11 is 0. The fourth-order valence-electron chi connectivity index (χ4n) is 2.46. The van der Waals surface area contributed by atoms with Gasteiger partial charge in [-0.3, -0.25) is 4.90 Å². The van der Waals surface area contributed by atoms with Gasteiger partial charge in [0.1, 0.15) is 0 Å². The lowest BCUT2D eigenvalue weighted by Gasteiger charge is -2.19. The van der Waals surface area contributed by atoms with Crippen molar-refractivity contribution in [2.75, 3.05) is 13.1 Å². The Bertz CT molecular complexity index is 192. The van der Waals surface area contributed by atoms with Gasteiger partial charge in [-0.1, -0.05) is 0 Å². The van der Waals surface area contributed by atoms with Gasteiger partial charge in [0.15, 0.2) is 0 Å². The molecule has 2 rings (SSSR count). The Morgan fingerprint density at radius 1 is 1.50 bits per heavy atom. The highest BCUT2D eigenvalue weighted by molar-refractivity contribution is 4.95. The molecule has 1 saturated heterocycles. The third-order valence-corrected chi connectivity index (χ3v) is 3.34. The van der Waals surface area contributed by atoms with Crippen LogP contribution in [0.25, 0.3) is 0 Å². The molecule has 0 radical (unpaired) electrons. The molecule has 3 heteroatoms. The van der Waals surface area contributed by atoms with Gasteiger partial charge in [0.25, 0.3) is 0 Å². The van der Waals surface area contributed by atoms with Crippen LogP contribution >= 0.6 is 0 Å². The zero-order chi connectivity index (χ0) is 10.1. The molecule has 14 heavy (non-hydrogen) atoms. The van der Waals surface area contributed by atoms with Gasteiger partial charge in [-0.15, -0.1) is 0 Å². The van der Waals surface area contributed by atoms with Crippen LogP contribution in [-0.4, -0.2) is 47.3 Å². The quantitative estimate of drug-likeness (QED) is 0.694. The van der Waals surface area contributed by atoms with Crippen LogP contribution in [0, 0.1) is 0 Å².